The zero-order valence-electron chi connectivity index (χ0n) is 11.8. The highest BCUT2D eigenvalue weighted by molar-refractivity contribution is 5.91. The molecule has 20 heavy (non-hydrogen) atoms. The fourth-order valence-electron chi connectivity index (χ4n) is 1.74. The molecule has 0 amide bonds. The molecule has 0 unspecified atom stereocenters. The number of carbonyl (C=O) groups is 1. The van der Waals surface area contributed by atoms with Gasteiger partial charge in [-0.1, -0.05) is 0 Å². The van der Waals surface area contributed by atoms with E-state index in [1.807, 2.05) is 13.8 Å². The third-order valence-electron chi connectivity index (χ3n) is 2.99. The number of unbranched alkanes of at least 4 members (excludes halogenated alkanes) is 1. The Labute approximate surface area is 119 Å². The number of hydrogen-bond donors (Lipinski definition) is 2. The second kappa shape index (κ2) is 6.80. The van der Waals surface area contributed by atoms with Gasteiger partial charge < -0.3 is 15.6 Å². The van der Waals surface area contributed by atoms with Gasteiger partial charge in [-0.2, -0.15) is 5.26 Å². The molecular weight excluding hydrogens is 256 g/mol. The number of rotatable bonds is 7. The van der Waals surface area contributed by atoms with Gasteiger partial charge in [0.15, 0.2) is 0 Å². The maximum atomic E-state index is 11.0. The maximum absolute atomic E-state index is 11.0. The minimum absolute atomic E-state index is 0.108. The molecule has 1 aromatic carbocycles. The monoisotopic (exact) mass is 276 g/mol. The molecule has 3 N–H and O–H groups in total. The number of nitrogen functional groups attached to an aromatic ring is 1. The summed E-state index contributed by atoms with van der Waals surface area (Å²) in [6.45, 7) is 4.20. The van der Waals surface area contributed by atoms with E-state index in [9.17, 15) is 4.79 Å². The number of carboxylic acids is 1. The molecule has 0 radical (unpaired) electrons. The van der Waals surface area contributed by atoms with Crippen LogP contribution in [0.1, 0.15) is 43.5 Å². The van der Waals surface area contributed by atoms with E-state index in [1.165, 1.54) is 18.2 Å². The smallest absolute Gasteiger partial charge is 0.339 e. The topological polar surface area (TPSA) is 96.3 Å². The Kier molecular flexibility index (Phi) is 5.39. The highest BCUT2D eigenvalue weighted by atomic mass is 16.5. The molecule has 0 aliphatic heterocycles. The van der Waals surface area contributed by atoms with Gasteiger partial charge in [-0.15, -0.1) is 0 Å². The highest BCUT2D eigenvalue weighted by Gasteiger charge is 2.16. The van der Waals surface area contributed by atoms with E-state index in [1.54, 1.807) is 0 Å². The van der Waals surface area contributed by atoms with Crippen molar-refractivity contribution in [1.82, 2.24) is 0 Å². The average molecular weight is 276 g/mol. The van der Waals surface area contributed by atoms with Gasteiger partial charge >= 0.3 is 5.97 Å². The van der Waals surface area contributed by atoms with Crippen LogP contribution in [0.5, 0.6) is 5.75 Å². The molecule has 5 nitrogen and oxygen atoms in total. The van der Waals surface area contributed by atoms with Crippen molar-refractivity contribution < 1.29 is 14.6 Å². The highest BCUT2D eigenvalue weighted by Crippen LogP contribution is 2.24. The third-order valence-corrected chi connectivity index (χ3v) is 2.99. The first kappa shape index (κ1) is 15.8. The van der Waals surface area contributed by atoms with Crippen LogP contribution in [0.25, 0.3) is 0 Å². The molecule has 0 saturated carbocycles. The molecule has 0 heterocycles. The molecule has 0 spiro atoms. The normalized spacial score (nSPS) is 10.8. The number of nitriles is 1. The summed E-state index contributed by atoms with van der Waals surface area (Å²) in [5, 5.41) is 17.9. The van der Waals surface area contributed by atoms with Crippen molar-refractivity contribution in [3.05, 3.63) is 23.8 Å². The summed E-state index contributed by atoms with van der Waals surface area (Å²) in [6.07, 6.45) is 2.40. The summed E-state index contributed by atoms with van der Waals surface area (Å²) in [6, 6.07) is 6.73. The summed E-state index contributed by atoms with van der Waals surface area (Å²) in [5.74, 6) is -0.748. The molecule has 0 atom stereocenters. The van der Waals surface area contributed by atoms with E-state index in [2.05, 4.69) is 6.07 Å². The molecule has 0 bridgehead atoms. The Morgan fingerprint density at radius 3 is 2.75 bits per heavy atom. The van der Waals surface area contributed by atoms with Crippen molar-refractivity contribution >= 4 is 11.7 Å². The van der Waals surface area contributed by atoms with Crippen molar-refractivity contribution in [2.45, 2.75) is 33.1 Å². The molecule has 0 aliphatic carbocycles. The van der Waals surface area contributed by atoms with Crippen LogP contribution in [0.2, 0.25) is 0 Å². The van der Waals surface area contributed by atoms with Crippen LogP contribution >= 0.6 is 0 Å². The van der Waals surface area contributed by atoms with E-state index in [-0.39, 0.29) is 16.7 Å². The van der Waals surface area contributed by atoms with Crippen LogP contribution in [0.4, 0.5) is 5.69 Å². The first-order valence-corrected chi connectivity index (χ1v) is 6.52. The molecule has 1 rings (SSSR count). The lowest BCUT2D eigenvalue weighted by Crippen LogP contribution is -2.09. The van der Waals surface area contributed by atoms with Crippen LogP contribution < -0.4 is 10.5 Å². The van der Waals surface area contributed by atoms with E-state index in [4.69, 9.17) is 20.8 Å². The number of aromatic carboxylic acids is 1. The van der Waals surface area contributed by atoms with Crippen molar-refractivity contribution in [3.8, 4) is 11.8 Å². The Morgan fingerprint density at radius 1 is 1.45 bits per heavy atom. The first-order valence-electron chi connectivity index (χ1n) is 6.52. The van der Waals surface area contributed by atoms with Crippen LogP contribution in [-0.2, 0) is 0 Å². The Bertz CT molecular complexity index is 518. The van der Waals surface area contributed by atoms with Gasteiger partial charge in [0.25, 0.3) is 0 Å². The molecule has 0 saturated heterocycles. The standard InChI is InChI=1S/C15H20N2O3/c1-15(2,10-16)7-3-4-8-20-13-9-11(17)5-6-12(13)14(18)19/h5-6,9H,3-4,7-8,17H2,1-2H3,(H,18,19). The van der Waals surface area contributed by atoms with Gasteiger partial charge in [0.2, 0.25) is 0 Å². The molecule has 0 aliphatic rings. The number of nitrogens with two attached hydrogens (primary N) is 1. The predicted octanol–water partition coefficient (Wildman–Crippen LogP) is 3.07. The second-order valence-corrected chi connectivity index (χ2v) is 5.36. The second-order valence-electron chi connectivity index (χ2n) is 5.36. The molecule has 5 heteroatoms. The Balaban J connectivity index is 2.49. The number of carboxylic acid groups (broad SMARTS) is 1. The minimum atomic E-state index is -1.04. The van der Waals surface area contributed by atoms with Crippen molar-refractivity contribution in [2.24, 2.45) is 5.41 Å². The summed E-state index contributed by atoms with van der Waals surface area (Å²) in [5.41, 5.74) is 5.87. The lowest BCUT2D eigenvalue weighted by Gasteiger charge is -2.15. The predicted molar refractivity (Wildman–Crippen MR) is 76.6 cm³/mol. The van der Waals surface area contributed by atoms with E-state index in [0.29, 0.717) is 12.3 Å². The number of anilines is 1. The zero-order chi connectivity index (χ0) is 15.2. The maximum Gasteiger partial charge on any atom is 0.339 e. The van der Waals surface area contributed by atoms with Gasteiger partial charge in [0, 0.05) is 11.8 Å². The van der Waals surface area contributed by atoms with Crippen molar-refractivity contribution in [2.75, 3.05) is 12.3 Å². The van der Waals surface area contributed by atoms with Crippen LogP contribution in [0.15, 0.2) is 18.2 Å². The SMILES string of the molecule is CC(C)(C#N)CCCCOc1cc(N)ccc1C(=O)O. The van der Waals surface area contributed by atoms with Crippen LogP contribution in [0.3, 0.4) is 0 Å². The van der Waals surface area contributed by atoms with E-state index in [0.717, 1.165) is 19.3 Å². The van der Waals surface area contributed by atoms with Crippen LogP contribution in [-0.4, -0.2) is 17.7 Å². The average Bonchev–Trinajstić information content (AvgIpc) is 2.38. The van der Waals surface area contributed by atoms with Gasteiger partial charge in [0.05, 0.1) is 18.1 Å². The Morgan fingerprint density at radius 2 is 2.15 bits per heavy atom. The first-order chi connectivity index (χ1) is 9.35. The zero-order valence-corrected chi connectivity index (χ0v) is 11.8. The van der Waals surface area contributed by atoms with Gasteiger partial charge in [-0.25, -0.2) is 4.79 Å². The number of ether oxygens (including phenoxy) is 1. The van der Waals surface area contributed by atoms with Gasteiger partial charge in [-0.05, 0) is 45.2 Å². The fourth-order valence-corrected chi connectivity index (χ4v) is 1.74. The van der Waals surface area contributed by atoms with Gasteiger partial charge in [-0.3, -0.25) is 0 Å². The van der Waals surface area contributed by atoms with Crippen LogP contribution in [0, 0.1) is 16.7 Å². The molecule has 1 aromatic rings. The summed E-state index contributed by atoms with van der Waals surface area (Å²) < 4.78 is 5.48. The molecule has 0 fully saturated rings. The summed E-state index contributed by atoms with van der Waals surface area (Å²) in [4.78, 5) is 11.0. The fraction of sp³-hybridized carbons (Fsp3) is 0.467. The number of benzene rings is 1. The number of nitrogens with zero attached hydrogens (tertiary/aromatic N) is 1. The quantitative estimate of drug-likeness (QED) is 0.589. The minimum Gasteiger partial charge on any atom is -0.493 e. The molecule has 108 valence electrons. The lowest BCUT2D eigenvalue weighted by molar-refractivity contribution is 0.0692. The number of hydrogen-bond acceptors (Lipinski definition) is 4. The molecule has 0 aromatic heterocycles. The van der Waals surface area contributed by atoms with E-state index >= 15 is 0 Å². The van der Waals surface area contributed by atoms with Gasteiger partial charge in [0.1, 0.15) is 11.3 Å². The van der Waals surface area contributed by atoms with E-state index < -0.39 is 5.97 Å². The summed E-state index contributed by atoms with van der Waals surface area (Å²) in [7, 11) is 0. The third kappa shape index (κ3) is 4.81. The lowest BCUT2D eigenvalue weighted by atomic mass is 9.89. The van der Waals surface area contributed by atoms with Crippen molar-refractivity contribution in [1.29, 1.82) is 5.26 Å². The van der Waals surface area contributed by atoms with Crippen molar-refractivity contribution in [3.63, 3.8) is 0 Å². The Hall–Kier alpha value is -2.22. The molecular formula is C15H20N2O3. The summed E-state index contributed by atoms with van der Waals surface area (Å²) >= 11 is 0. The largest absolute Gasteiger partial charge is 0.493 e.